The molecule has 0 atom stereocenters. The third kappa shape index (κ3) is 4.30. The van der Waals surface area contributed by atoms with Crippen molar-refractivity contribution in [1.29, 1.82) is 0 Å². The van der Waals surface area contributed by atoms with Gasteiger partial charge in [-0.3, -0.25) is 9.59 Å². The van der Waals surface area contributed by atoms with E-state index in [4.69, 9.17) is 11.6 Å². The van der Waals surface area contributed by atoms with E-state index in [1.165, 1.54) is 11.8 Å². The van der Waals surface area contributed by atoms with Crippen LogP contribution in [0.25, 0.3) is 6.08 Å². The Bertz CT molecular complexity index is 1080. The van der Waals surface area contributed by atoms with Gasteiger partial charge in [-0.15, -0.1) is 11.3 Å². The number of rotatable bonds is 4. The van der Waals surface area contributed by atoms with Crippen molar-refractivity contribution >= 4 is 58.3 Å². The maximum atomic E-state index is 12.5. The highest BCUT2D eigenvalue weighted by Gasteiger charge is 2.22. The minimum atomic E-state index is -0.200. The fourth-order valence-electron chi connectivity index (χ4n) is 2.73. The van der Waals surface area contributed by atoms with Gasteiger partial charge < -0.3 is 10.6 Å². The number of carbonyl (C=O) groups excluding carboxylic acids is 2. The van der Waals surface area contributed by atoms with Crippen LogP contribution in [0.2, 0.25) is 5.02 Å². The van der Waals surface area contributed by atoms with Crippen molar-refractivity contribution in [2.75, 3.05) is 5.32 Å². The number of anilines is 1. The first kappa shape index (κ1) is 18.8. The molecule has 2 N–H and O–H groups in total. The zero-order valence-electron chi connectivity index (χ0n) is 14.6. The number of halogens is 1. The molecular weight excluding hydrogens is 412 g/mol. The van der Waals surface area contributed by atoms with Crippen LogP contribution in [0.1, 0.15) is 20.8 Å². The van der Waals surface area contributed by atoms with Crippen LogP contribution in [0.4, 0.5) is 5.69 Å². The molecule has 0 spiro atoms. The predicted molar refractivity (Wildman–Crippen MR) is 116 cm³/mol. The summed E-state index contributed by atoms with van der Waals surface area (Å²) in [5.41, 5.74) is 2.01. The Morgan fingerprint density at radius 2 is 2.04 bits per heavy atom. The highest BCUT2D eigenvalue weighted by molar-refractivity contribution is 8.04. The van der Waals surface area contributed by atoms with E-state index in [9.17, 15) is 9.59 Å². The third-order valence-electron chi connectivity index (χ3n) is 4.08. The lowest BCUT2D eigenvalue weighted by atomic mass is 10.1. The lowest BCUT2D eigenvalue weighted by Crippen LogP contribution is -2.23. The third-order valence-corrected chi connectivity index (χ3v) is 6.29. The Balaban J connectivity index is 1.51. The Morgan fingerprint density at radius 3 is 2.82 bits per heavy atom. The fourth-order valence-corrected chi connectivity index (χ4v) is 4.51. The van der Waals surface area contributed by atoms with E-state index in [0.717, 1.165) is 15.3 Å². The van der Waals surface area contributed by atoms with Crippen LogP contribution in [0, 0.1) is 0 Å². The van der Waals surface area contributed by atoms with Crippen LogP contribution in [0.5, 0.6) is 0 Å². The van der Waals surface area contributed by atoms with Gasteiger partial charge in [0.1, 0.15) is 0 Å². The molecule has 28 heavy (non-hydrogen) atoms. The Hall–Kier alpha value is -2.54. The second-order valence-electron chi connectivity index (χ2n) is 6.09. The van der Waals surface area contributed by atoms with Crippen molar-refractivity contribution in [1.82, 2.24) is 5.32 Å². The Labute approximate surface area is 175 Å². The average molecular weight is 427 g/mol. The van der Waals surface area contributed by atoms with E-state index >= 15 is 0 Å². The van der Waals surface area contributed by atoms with Crippen LogP contribution in [-0.4, -0.2) is 11.8 Å². The lowest BCUT2D eigenvalue weighted by molar-refractivity contribution is -0.112. The zero-order valence-corrected chi connectivity index (χ0v) is 17.0. The second kappa shape index (κ2) is 8.22. The molecule has 0 bridgehead atoms. The van der Waals surface area contributed by atoms with Gasteiger partial charge >= 0.3 is 0 Å². The van der Waals surface area contributed by atoms with Crippen LogP contribution in [0.3, 0.4) is 0 Å². The van der Waals surface area contributed by atoms with E-state index in [1.807, 2.05) is 35.7 Å². The first-order valence-corrected chi connectivity index (χ1v) is 10.6. The summed E-state index contributed by atoms with van der Waals surface area (Å²) in [6.45, 7) is 0.487. The molecule has 4 rings (SSSR count). The fraction of sp³-hybridized carbons (Fsp3) is 0.0476. The number of thioether (sulfide) groups is 1. The molecule has 4 nitrogen and oxygen atoms in total. The second-order valence-corrected chi connectivity index (χ2v) is 8.65. The smallest absolute Gasteiger partial charge is 0.262 e. The topological polar surface area (TPSA) is 58.2 Å². The molecule has 140 valence electrons. The molecule has 0 aliphatic carbocycles. The molecule has 2 aromatic carbocycles. The van der Waals surface area contributed by atoms with Crippen molar-refractivity contribution < 1.29 is 9.59 Å². The van der Waals surface area contributed by atoms with Gasteiger partial charge in [-0.1, -0.05) is 41.6 Å². The molecule has 0 fully saturated rings. The number of benzene rings is 2. The molecule has 2 amide bonds. The van der Waals surface area contributed by atoms with Crippen LogP contribution >= 0.6 is 34.7 Å². The van der Waals surface area contributed by atoms with Crippen molar-refractivity contribution in [2.45, 2.75) is 11.4 Å². The molecule has 1 aromatic heterocycles. The largest absolute Gasteiger partial charge is 0.347 e. The van der Waals surface area contributed by atoms with Gasteiger partial charge in [0.2, 0.25) is 0 Å². The molecule has 3 aromatic rings. The summed E-state index contributed by atoms with van der Waals surface area (Å²) in [5.74, 6) is -0.371. The minimum Gasteiger partial charge on any atom is -0.347 e. The SMILES string of the molecule is O=C1Nc2cc(C(=O)NCc3cccs3)ccc2S/C1=C/c1cccc(Cl)c1. The molecule has 2 heterocycles. The molecule has 0 unspecified atom stereocenters. The monoisotopic (exact) mass is 426 g/mol. The highest BCUT2D eigenvalue weighted by atomic mass is 35.5. The lowest BCUT2D eigenvalue weighted by Gasteiger charge is -2.19. The number of hydrogen-bond donors (Lipinski definition) is 2. The van der Waals surface area contributed by atoms with Crippen LogP contribution in [-0.2, 0) is 11.3 Å². The molecular formula is C21H15ClN2O2S2. The van der Waals surface area contributed by atoms with Crippen molar-refractivity contribution in [2.24, 2.45) is 0 Å². The van der Waals surface area contributed by atoms with E-state index < -0.39 is 0 Å². The number of fused-ring (bicyclic) bond motifs is 1. The van der Waals surface area contributed by atoms with Gasteiger partial charge in [-0.05, 0) is 53.4 Å². The Kier molecular flexibility index (Phi) is 5.52. The highest BCUT2D eigenvalue weighted by Crippen LogP contribution is 2.39. The van der Waals surface area contributed by atoms with E-state index in [2.05, 4.69) is 10.6 Å². The summed E-state index contributed by atoms with van der Waals surface area (Å²) in [6, 6.07) is 16.6. The summed E-state index contributed by atoms with van der Waals surface area (Å²) < 4.78 is 0. The van der Waals surface area contributed by atoms with E-state index in [1.54, 1.807) is 41.7 Å². The predicted octanol–water partition coefficient (Wildman–Crippen LogP) is 5.42. The quantitative estimate of drug-likeness (QED) is 0.548. The van der Waals surface area contributed by atoms with Gasteiger partial charge in [-0.2, -0.15) is 0 Å². The van der Waals surface area contributed by atoms with Crippen LogP contribution < -0.4 is 10.6 Å². The summed E-state index contributed by atoms with van der Waals surface area (Å²) >= 11 is 8.98. The minimum absolute atomic E-state index is 0.171. The molecule has 1 aliphatic rings. The maximum absolute atomic E-state index is 12.5. The number of nitrogens with one attached hydrogen (secondary N) is 2. The summed E-state index contributed by atoms with van der Waals surface area (Å²) in [6.07, 6.45) is 1.80. The van der Waals surface area contributed by atoms with Crippen LogP contribution in [0.15, 0.2) is 69.8 Å². The van der Waals surface area contributed by atoms with Gasteiger partial charge in [0.15, 0.2) is 0 Å². The number of thiophene rings is 1. The van der Waals surface area contributed by atoms with Gasteiger partial charge in [-0.25, -0.2) is 0 Å². The molecule has 7 heteroatoms. The van der Waals surface area contributed by atoms with Gasteiger partial charge in [0.05, 0.1) is 17.1 Å². The van der Waals surface area contributed by atoms with Crippen molar-refractivity contribution in [3.05, 3.63) is 85.9 Å². The normalized spacial score (nSPS) is 14.5. The first-order chi connectivity index (χ1) is 13.6. The maximum Gasteiger partial charge on any atom is 0.262 e. The summed E-state index contributed by atoms with van der Waals surface area (Å²) in [4.78, 5) is 27.4. The number of hydrogen-bond acceptors (Lipinski definition) is 4. The molecule has 1 aliphatic heterocycles. The summed E-state index contributed by atoms with van der Waals surface area (Å²) in [7, 11) is 0. The van der Waals surface area contributed by atoms with Gasteiger partial charge in [0, 0.05) is 20.4 Å². The zero-order chi connectivity index (χ0) is 19.5. The molecule has 0 radical (unpaired) electrons. The van der Waals surface area contributed by atoms with E-state index in [0.29, 0.717) is 27.7 Å². The standard InChI is InChI=1S/C21H15ClN2O2S2/c22-15-4-1-3-13(9-15)10-19-21(26)24-17-11-14(6-7-18(17)28-19)20(25)23-12-16-5-2-8-27-16/h1-11H,12H2,(H,23,25)(H,24,26)/b19-10+. The van der Waals surface area contributed by atoms with E-state index in [-0.39, 0.29) is 11.8 Å². The molecule has 0 saturated carbocycles. The number of amides is 2. The van der Waals surface area contributed by atoms with Crippen molar-refractivity contribution in [3.63, 3.8) is 0 Å². The first-order valence-electron chi connectivity index (χ1n) is 8.49. The average Bonchev–Trinajstić information content (AvgIpc) is 3.20. The molecule has 0 saturated heterocycles. The van der Waals surface area contributed by atoms with Gasteiger partial charge in [0.25, 0.3) is 11.8 Å². The Morgan fingerprint density at radius 1 is 1.14 bits per heavy atom. The number of carbonyl (C=O) groups is 2. The summed E-state index contributed by atoms with van der Waals surface area (Å²) in [5, 5.41) is 8.36. The van der Waals surface area contributed by atoms with Crippen molar-refractivity contribution in [3.8, 4) is 0 Å².